The highest BCUT2D eigenvalue weighted by atomic mass is 32.2. The van der Waals surface area contributed by atoms with Gasteiger partial charge in [0.2, 0.25) is 0 Å². The highest BCUT2D eigenvalue weighted by Crippen LogP contribution is 2.55. The molecule has 1 aromatic heterocycles. The first kappa shape index (κ1) is 21.2. The molecule has 0 saturated carbocycles. The maximum Gasteiger partial charge on any atom is 0.0945 e. The molecule has 25 heavy (non-hydrogen) atoms. The van der Waals surface area contributed by atoms with E-state index in [1.165, 1.54) is 70.0 Å². The van der Waals surface area contributed by atoms with Crippen LogP contribution >= 0.6 is 23.5 Å². The van der Waals surface area contributed by atoms with Crippen LogP contribution in [0.5, 0.6) is 0 Å². The van der Waals surface area contributed by atoms with E-state index in [1.807, 2.05) is 12.5 Å². The zero-order chi connectivity index (χ0) is 18.0. The molecule has 0 aromatic carbocycles. The lowest BCUT2D eigenvalue weighted by Gasteiger charge is -2.44. The molecule has 1 fully saturated rings. The van der Waals surface area contributed by atoms with Crippen molar-refractivity contribution in [2.45, 2.75) is 101 Å². The highest BCUT2D eigenvalue weighted by Gasteiger charge is 2.41. The van der Waals surface area contributed by atoms with Crippen LogP contribution in [-0.2, 0) is 6.54 Å². The molecule has 2 heterocycles. The number of aryl methyl sites for hydroxylation is 1. The fraction of sp³-hybridized carbons (Fsp3) is 0.857. The predicted molar refractivity (Wildman–Crippen MR) is 115 cm³/mol. The Morgan fingerprint density at radius 2 is 2.04 bits per heavy atom. The summed E-state index contributed by atoms with van der Waals surface area (Å²) in [6.45, 7) is 8.30. The molecule has 3 atom stereocenters. The molecule has 0 radical (unpaired) electrons. The van der Waals surface area contributed by atoms with Crippen LogP contribution in [0.4, 0.5) is 0 Å². The minimum atomic E-state index is 0.449. The number of aromatic nitrogens is 2. The molecular formula is C21H38N2S2. The monoisotopic (exact) mass is 382 g/mol. The van der Waals surface area contributed by atoms with Gasteiger partial charge < -0.3 is 4.57 Å². The molecule has 1 saturated heterocycles. The van der Waals surface area contributed by atoms with Gasteiger partial charge in [0.1, 0.15) is 0 Å². The highest BCUT2D eigenvalue weighted by molar-refractivity contribution is 8.19. The van der Waals surface area contributed by atoms with Crippen molar-refractivity contribution >= 4 is 23.5 Å². The van der Waals surface area contributed by atoms with E-state index in [9.17, 15) is 0 Å². The zero-order valence-corrected chi connectivity index (χ0v) is 18.2. The molecule has 4 heteroatoms. The SMILES string of the molecule is CCCCCC(C)C1(CCCn2ccnc2)SCCC(CCCC)S1. The molecule has 0 bridgehead atoms. The van der Waals surface area contributed by atoms with Gasteiger partial charge in [0, 0.05) is 24.2 Å². The third kappa shape index (κ3) is 6.86. The molecule has 2 rings (SSSR count). The summed E-state index contributed by atoms with van der Waals surface area (Å²) in [6.07, 6.45) is 19.7. The first-order valence-electron chi connectivity index (χ1n) is 10.5. The molecule has 144 valence electrons. The molecule has 2 nitrogen and oxygen atoms in total. The van der Waals surface area contributed by atoms with Crippen molar-refractivity contribution in [3.05, 3.63) is 18.7 Å². The number of nitrogens with zero attached hydrogens (tertiary/aromatic N) is 2. The molecule has 0 N–H and O–H groups in total. The second-order valence-corrected chi connectivity index (χ2v) is 10.9. The van der Waals surface area contributed by atoms with E-state index in [0.717, 1.165) is 17.7 Å². The number of unbranched alkanes of at least 4 members (excludes halogenated alkanes) is 3. The summed E-state index contributed by atoms with van der Waals surface area (Å²) < 4.78 is 2.69. The lowest BCUT2D eigenvalue weighted by molar-refractivity contribution is 0.417. The van der Waals surface area contributed by atoms with Crippen LogP contribution in [0.25, 0.3) is 0 Å². The van der Waals surface area contributed by atoms with Gasteiger partial charge in [-0.25, -0.2) is 4.98 Å². The van der Waals surface area contributed by atoms with E-state index >= 15 is 0 Å². The number of rotatable bonds is 12. The van der Waals surface area contributed by atoms with Crippen molar-refractivity contribution in [3.8, 4) is 0 Å². The van der Waals surface area contributed by atoms with Crippen LogP contribution < -0.4 is 0 Å². The number of thioether (sulfide) groups is 2. The second-order valence-electron chi connectivity index (χ2n) is 7.63. The molecule has 0 amide bonds. The summed E-state index contributed by atoms with van der Waals surface area (Å²) in [6, 6.07) is 0. The standard InChI is InChI=1S/C21H38N2S2/c1-4-6-8-10-19(3)21(13-9-15-23-16-14-22-18-23)24-17-12-20(25-21)11-7-5-2/h14,16,18-20H,4-13,15,17H2,1-3H3. The van der Waals surface area contributed by atoms with Gasteiger partial charge in [-0.1, -0.05) is 52.9 Å². The second kappa shape index (κ2) is 11.6. The van der Waals surface area contributed by atoms with Crippen LogP contribution in [0, 0.1) is 5.92 Å². The van der Waals surface area contributed by atoms with Gasteiger partial charge in [-0.15, -0.1) is 23.5 Å². The molecule has 0 spiro atoms. The van der Waals surface area contributed by atoms with Crippen LogP contribution in [0.1, 0.15) is 85.0 Å². The van der Waals surface area contributed by atoms with Gasteiger partial charge in [-0.2, -0.15) is 0 Å². The van der Waals surface area contributed by atoms with E-state index in [4.69, 9.17) is 0 Å². The maximum atomic E-state index is 4.19. The minimum Gasteiger partial charge on any atom is -0.337 e. The third-order valence-corrected chi connectivity index (χ3v) is 9.51. The summed E-state index contributed by atoms with van der Waals surface area (Å²) in [4.78, 5) is 4.19. The van der Waals surface area contributed by atoms with Crippen molar-refractivity contribution in [2.75, 3.05) is 5.75 Å². The average molecular weight is 383 g/mol. The Hall–Kier alpha value is -0.0900. The fourth-order valence-corrected chi connectivity index (χ4v) is 8.07. The summed E-state index contributed by atoms with van der Waals surface area (Å²) in [5.74, 6) is 2.19. The van der Waals surface area contributed by atoms with E-state index in [2.05, 4.69) is 60.0 Å². The summed E-state index contributed by atoms with van der Waals surface area (Å²) in [5.41, 5.74) is 0. The third-order valence-electron chi connectivity index (χ3n) is 5.52. The van der Waals surface area contributed by atoms with E-state index in [-0.39, 0.29) is 0 Å². The summed E-state index contributed by atoms with van der Waals surface area (Å²) >= 11 is 4.65. The largest absolute Gasteiger partial charge is 0.337 e. The van der Waals surface area contributed by atoms with Crippen LogP contribution in [-0.4, -0.2) is 24.6 Å². The topological polar surface area (TPSA) is 17.8 Å². The van der Waals surface area contributed by atoms with Crippen molar-refractivity contribution in [1.82, 2.24) is 9.55 Å². The molecule has 1 aliphatic heterocycles. The first-order chi connectivity index (χ1) is 12.2. The molecular weight excluding hydrogens is 344 g/mol. The van der Waals surface area contributed by atoms with Gasteiger partial charge in [-0.3, -0.25) is 0 Å². The van der Waals surface area contributed by atoms with E-state index in [1.54, 1.807) is 0 Å². The number of hydrogen-bond donors (Lipinski definition) is 0. The smallest absolute Gasteiger partial charge is 0.0945 e. The molecule has 1 aliphatic rings. The maximum absolute atomic E-state index is 4.19. The van der Waals surface area contributed by atoms with Gasteiger partial charge in [-0.05, 0) is 43.8 Å². The minimum absolute atomic E-state index is 0.449. The average Bonchev–Trinajstić information content (AvgIpc) is 3.14. The Morgan fingerprint density at radius 3 is 2.76 bits per heavy atom. The van der Waals surface area contributed by atoms with Crippen molar-refractivity contribution in [3.63, 3.8) is 0 Å². The molecule has 0 aliphatic carbocycles. The lowest BCUT2D eigenvalue weighted by Crippen LogP contribution is -2.36. The van der Waals surface area contributed by atoms with Gasteiger partial charge in [0.05, 0.1) is 10.4 Å². The summed E-state index contributed by atoms with van der Waals surface area (Å²) in [7, 11) is 0. The van der Waals surface area contributed by atoms with Crippen LogP contribution in [0.15, 0.2) is 18.7 Å². The Balaban J connectivity index is 1.95. The Morgan fingerprint density at radius 1 is 1.20 bits per heavy atom. The Labute approximate surface area is 164 Å². The quantitative estimate of drug-likeness (QED) is 0.362. The van der Waals surface area contributed by atoms with Crippen LogP contribution in [0.3, 0.4) is 0 Å². The lowest BCUT2D eigenvalue weighted by atomic mass is 9.96. The number of imidazole rings is 1. The van der Waals surface area contributed by atoms with Crippen molar-refractivity contribution in [1.29, 1.82) is 0 Å². The van der Waals surface area contributed by atoms with E-state index in [0.29, 0.717) is 4.08 Å². The molecule has 1 aromatic rings. The normalized spacial score (nSPS) is 25.2. The van der Waals surface area contributed by atoms with Gasteiger partial charge in [0.15, 0.2) is 0 Å². The first-order valence-corrected chi connectivity index (χ1v) is 12.3. The predicted octanol–water partition coefficient (Wildman–Crippen LogP) is 7.00. The van der Waals surface area contributed by atoms with Gasteiger partial charge >= 0.3 is 0 Å². The Bertz CT molecular complexity index is 449. The number of hydrogen-bond acceptors (Lipinski definition) is 3. The van der Waals surface area contributed by atoms with Crippen LogP contribution in [0.2, 0.25) is 0 Å². The fourth-order valence-electron chi connectivity index (χ4n) is 3.86. The van der Waals surface area contributed by atoms with E-state index < -0.39 is 0 Å². The van der Waals surface area contributed by atoms with Gasteiger partial charge in [0.25, 0.3) is 0 Å². The molecule has 3 unspecified atom stereocenters. The Kier molecular flexibility index (Phi) is 9.83. The zero-order valence-electron chi connectivity index (χ0n) is 16.6. The van der Waals surface area contributed by atoms with Crippen molar-refractivity contribution in [2.24, 2.45) is 5.92 Å². The summed E-state index contributed by atoms with van der Waals surface area (Å²) in [5, 5.41) is 0.892. The van der Waals surface area contributed by atoms with Crippen molar-refractivity contribution < 1.29 is 0 Å².